The normalized spacial score (nSPS) is 10.7. The minimum atomic E-state index is -2.64. The Balaban J connectivity index is 0.00000208. The van der Waals surface area contributed by atoms with E-state index in [2.05, 4.69) is 0 Å². The molecule has 0 spiro atoms. The Hall–Kier alpha value is -2.04. The highest BCUT2D eigenvalue weighted by molar-refractivity contribution is 8.03. The minimum Gasteiger partial charge on any atom is -1.00 e. The van der Waals surface area contributed by atoms with Gasteiger partial charge in [-0.3, -0.25) is 4.79 Å². The summed E-state index contributed by atoms with van der Waals surface area (Å²) in [7, 11) is -2.64. The molecular weight excluding hydrogens is 384 g/mol. The molecule has 4 heteroatoms. The van der Waals surface area contributed by atoms with E-state index in [0.29, 0.717) is 15.4 Å². The van der Waals surface area contributed by atoms with Crippen molar-refractivity contribution in [1.82, 2.24) is 0 Å². The second-order valence-electron chi connectivity index (χ2n) is 5.23. The van der Waals surface area contributed by atoms with Crippen LogP contribution in [0.1, 0.15) is 10.4 Å². The number of rotatable bonds is 5. The van der Waals surface area contributed by atoms with Crippen LogP contribution in [0.3, 0.4) is 0 Å². The molecule has 122 valence electrons. The van der Waals surface area contributed by atoms with Crippen LogP contribution >= 0.6 is 0 Å². The highest BCUT2D eigenvalue weighted by Gasteiger charge is 2.37. The second-order valence-corrected chi connectivity index (χ2v) is 7.82. The van der Waals surface area contributed by atoms with Crippen LogP contribution < -0.4 is 17.0 Å². The Kier molecular flexibility index (Phi) is 6.23. The zero-order chi connectivity index (χ0) is 16.1. The number of halogens is 1. The molecule has 0 saturated carbocycles. The van der Waals surface area contributed by atoms with Crippen molar-refractivity contribution in [2.75, 3.05) is 5.75 Å². The van der Waals surface area contributed by atoms with Crippen molar-refractivity contribution < 1.29 is 26.0 Å². The first kappa shape index (κ1) is 18.3. The van der Waals surface area contributed by atoms with E-state index in [1.807, 2.05) is 78.9 Å². The van der Waals surface area contributed by atoms with Gasteiger partial charge in [0.25, 0.3) is 0 Å². The highest BCUT2D eigenvalue weighted by Crippen LogP contribution is 2.29. The average Bonchev–Trinajstić information content (AvgIpc) is 2.64. The predicted molar refractivity (Wildman–Crippen MR) is 93.1 cm³/mol. The number of hydrogen-bond acceptors (Lipinski definition) is 2. The molecule has 0 aromatic heterocycles. The average molecular weight is 401 g/mol. The van der Waals surface area contributed by atoms with Crippen molar-refractivity contribution in [1.29, 1.82) is 0 Å². The zero-order valence-electron chi connectivity index (χ0n) is 13.0. The predicted octanol–water partition coefficient (Wildman–Crippen LogP) is 1.49. The quantitative estimate of drug-likeness (QED) is 0.480. The lowest BCUT2D eigenvalue weighted by atomic mass is 10.2. The van der Waals surface area contributed by atoms with Gasteiger partial charge in [0.05, 0.1) is 0 Å². The van der Waals surface area contributed by atoms with E-state index in [9.17, 15) is 9.00 Å². The molecule has 2 nitrogen and oxygen atoms in total. The molecule has 0 amide bonds. The zero-order valence-corrected chi connectivity index (χ0v) is 15.4. The Morgan fingerprint density at radius 3 is 1.46 bits per heavy atom. The molecule has 0 bridgehead atoms. The maximum absolute atomic E-state index is 13.8. The molecule has 3 aromatic carbocycles. The fourth-order valence-corrected chi connectivity index (χ4v) is 4.81. The van der Waals surface area contributed by atoms with Gasteiger partial charge in [-0.05, 0) is 24.3 Å². The number of benzene rings is 3. The van der Waals surface area contributed by atoms with E-state index in [0.717, 1.165) is 0 Å². The van der Waals surface area contributed by atoms with Gasteiger partial charge in [-0.15, -0.1) is 0 Å². The van der Waals surface area contributed by atoms with Gasteiger partial charge in [0.15, 0.2) is 25.5 Å². The van der Waals surface area contributed by atoms with Crippen molar-refractivity contribution in [3.05, 3.63) is 96.6 Å². The summed E-state index contributed by atoms with van der Waals surface area (Å²) >= 11 is 0. The van der Waals surface area contributed by atoms with Gasteiger partial charge in [0.1, 0.15) is 0 Å². The number of hydrogen-bond donors (Lipinski definition) is 0. The molecule has 0 unspecified atom stereocenters. The lowest BCUT2D eigenvalue weighted by molar-refractivity contribution is -0.0000139. The number of carbonyl (C=O) groups is 1. The van der Waals surface area contributed by atoms with Gasteiger partial charge in [0, 0.05) is 5.56 Å². The first-order valence-corrected chi connectivity index (χ1v) is 9.13. The van der Waals surface area contributed by atoms with Gasteiger partial charge in [-0.2, -0.15) is 0 Å². The monoisotopic (exact) mass is 400 g/mol. The fraction of sp³-hybridized carbons (Fsp3) is 0.0500. The summed E-state index contributed by atoms with van der Waals surface area (Å²) in [5, 5.41) is 0. The molecule has 3 aromatic rings. The van der Waals surface area contributed by atoms with Crippen molar-refractivity contribution in [2.24, 2.45) is 0 Å². The van der Waals surface area contributed by atoms with E-state index in [1.165, 1.54) is 0 Å². The molecule has 0 N–H and O–H groups in total. The fourth-order valence-electron chi connectivity index (χ4n) is 2.48. The van der Waals surface area contributed by atoms with Crippen LogP contribution in [-0.4, -0.2) is 11.5 Å². The van der Waals surface area contributed by atoms with Gasteiger partial charge < -0.3 is 17.0 Å². The van der Waals surface area contributed by atoms with Crippen molar-refractivity contribution in [3.8, 4) is 0 Å². The van der Waals surface area contributed by atoms with Crippen LogP contribution in [0.4, 0.5) is 0 Å². The summed E-state index contributed by atoms with van der Waals surface area (Å²) in [5.74, 6) is -0.131. The van der Waals surface area contributed by atoms with Crippen molar-refractivity contribution in [3.63, 3.8) is 0 Å². The smallest absolute Gasteiger partial charge is 0.212 e. The molecule has 0 aliphatic heterocycles. The van der Waals surface area contributed by atoms with Crippen LogP contribution in [0.5, 0.6) is 0 Å². The Morgan fingerprint density at radius 1 is 0.667 bits per heavy atom. The molecule has 3 rings (SSSR count). The Morgan fingerprint density at radius 2 is 1.04 bits per heavy atom. The molecule has 0 saturated heterocycles. The van der Waals surface area contributed by atoms with E-state index in [1.54, 1.807) is 12.1 Å². The molecule has 0 radical (unpaired) electrons. The maximum atomic E-state index is 13.8. The van der Waals surface area contributed by atoms with Gasteiger partial charge in [-0.1, -0.05) is 70.9 Å². The highest BCUT2D eigenvalue weighted by atomic mass is 79.9. The van der Waals surface area contributed by atoms with Gasteiger partial charge >= 0.3 is 0 Å². The summed E-state index contributed by atoms with van der Waals surface area (Å²) in [4.78, 5) is 14.0. The van der Waals surface area contributed by atoms with Gasteiger partial charge in [-0.25, -0.2) is 0 Å². The van der Waals surface area contributed by atoms with Crippen LogP contribution in [0.25, 0.3) is 0 Å². The van der Waals surface area contributed by atoms with Crippen molar-refractivity contribution in [2.45, 2.75) is 9.79 Å². The molecule has 0 heterocycles. The van der Waals surface area contributed by atoms with Gasteiger partial charge in [0.2, 0.25) is 5.78 Å². The number of carbonyl (C=O) groups excluding carboxylic acids is 1. The standard InChI is InChI=1S/C20H17O2S.BrH/c21-20(17-10-4-1-5-11-17)16-23(22,18-12-6-2-7-13-18)19-14-8-3-9-15-19;/h1-15H,16H2;1H/q+1;/p-1. The second kappa shape index (κ2) is 8.18. The molecular formula is C20H17BrO2S. The van der Waals surface area contributed by atoms with E-state index in [-0.39, 0.29) is 28.5 Å². The first-order chi connectivity index (χ1) is 11.2. The molecule has 0 fully saturated rings. The molecule has 0 aliphatic carbocycles. The van der Waals surface area contributed by atoms with Crippen LogP contribution in [0.2, 0.25) is 0 Å². The Labute approximate surface area is 153 Å². The lowest BCUT2D eigenvalue weighted by Gasteiger charge is -2.11. The van der Waals surface area contributed by atoms with Crippen molar-refractivity contribution >= 4 is 15.7 Å². The van der Waals surface area contributed by atoms with Crippen LogP contribution in [0, 0.1) is 0 Å². The topological polar surface area (TPSA) is 34.1 Å². The third-order valence-electron chi connectivity index (χ3n) is 3.68. The van der Waals surface area contributed by atoms with E-state index in [4.69, 9.17) is 0 Å². The Bertz CT molecular complexity index is 790. The summed E-state index contributed by atoms with van der Waals surface area (Å²) in [6.07, 6.45) is 0. The summed E-state index contributed by atoms with van der Waals surface area (Å²) < 4.78 is 13.8. The summed E-state index contributed by atoms with van der Waals surface area (Å²) in [5.41, 5.74) is 0.590. The molecule has 0 aliphatic rings. The van der Waals surface area contributed by atoms with Crippen LogP contribution in [-0.2, 0) is 14.1 Å². The largest absolute Gasteiger partial charge is 1.00 e. The number of ketones is 1. The maximum Gasteiger partial charge on any atom is 0.212 e. The summed E-state index contributed by atoms with van der Waals surface area (Å²) in [6.45, 7) is 0. The lowest BCUT2D eigenvalue weighted by Crippen LogP contribution is -3.00. The van der Waals surface area contributed by atoms with E-state index < -0.39 is 9.93 Å². The minimum absolute atomic E-state index is 0. The third-order valence-corrected chi connectivity index (χ3v) is 6.41. The third kappa shape index (κ3) is 3.89. The summed E-state index contributed by atoms with van der Waals surface area (Å²) in [6, 6.07) is 27.5. The molecule has 0 atom stereocenters. The SMILES string of the molecule is O=C(C[S+](=O)(c1ccccc1)c1ccccc1)c1ccccc1.[Br-]. The number of Topliss-reactive ketones (excluding diaryl/α,β-unsaturated/α-hetero) is 1. The van der Waals surface area contributed by atoms with Crippen LogP contribution in [0.15, 0.2) is 101 Å². The first-order valence-electron chi connectivity index (χ1n) is 7.40. The molecule has 24 heavy (non-hydrogen) atoms. The van der Waals surface area contributed by atoms with E-state index >= 15 is 0 Å².